The van der Waals surface area contributed by atoms with Crippen molar-refractivity contribution in [1.82, 2.24) is 14.5 Å². The fraction of sp³-hybridized carbons (Fsp3) is 0.526. The minimum atomic E-state index is -3.29. The van der Waals surface area contributed by atoms with E-state index in [9.17, 15) is 22.8 Å². The normalized spacial score (nSPS) is 19.1. The lowest BCUT2D eigenvalue weighted by Crippen LogP contribution is -2.53. The Balaban J connectivity index is 1.62. The standard InChI is InChI=1S/C19H25N3O5S/c1-3-12-28(26,27)20-14-8-10-21(11-9-14)17(23)13(2)22-18(24)15-6-4-5-7-16(15)19(22)25/h4-7,13-14,20H,3,8-12H2,1-2H3. The van der Waals surface area contributed by atoms with E-state index in [1.807, 2.05) is 0 Å². The summed E-state index contributed by atoms with van der Waals surface area (Å²) in [5.41, 5.74) is 0.632. The van der Waals surface area contributed by atoms with Crippen LogP contribution >= 0.6 is 0 Å². The molecule has 0 aliphatic carbocycles. The monoisotopic (exact) mass is 407 g/mol. The van der Waals surface area contributed by atoms with Gasteiger partial charge in [0.15, 0.2) is 0 Å². The van der Waals surface area contributed by atoms with E-state index in [2.05, 4.69) is 4.72 Å². The van der Waals surface area contributed by atoms with Gasteiger partial charge in [-0.25, -0.2) is 13.1 Å². The van der Waals surface area contributed by atoms with Gasteiger partial charge in [0.1, 0.15) is 6.04 Å². The molecule has 3 rings (SSSR count). The van der Waals surface area contributed by atoms with Gasteiger partial charge in [-0.3, -0.25) is 19.3 Å². The highest BCUT2D eigenvalue weighted by molar-refractivity contribution is 7.89. The zero-order chi connectivity index (χ0) is 20.5. The number of benzene rings is 1. The second kappa shape index (κ2) is 8.00. The summed E-state index contributed by atoms with van der Waals surface area (Å²) in [5.74, 6) is -1.13. The molecule has 8 nitrogen and oxygen atoms in total. The second-order valence-electron chi connectivity index (χ2n) is 7.24. The van der Waals surface area contributed by atoms with E-state index < -0.39 is 27.9 Å². The van der Waals surface area contributed by atoms with Gasteiger partial charge >= 0.3 is 0 Å². The molecule has 152 valence electrons. The maximum Gasteiger partial charge on any atom is 0.262 e. The Labute approximate surface area is 164 Å². The molecule has 0 spiro atoms. The fourth-order valence-corrected chi connectivity index (χ4v) is 5.13. The Morgan fingerprint density at radius 2 is 1.68 bits per heavy atom. The summed E-state index contributed by atoms with van der Waals surface area (Å²) in [4.78, 5) is 40.6. The van der Waals surface area contributed by atoms with E-state index in [1.54, 1.807) is 43.0 Å². The Morgan fingerprint density at radius 1 is 1.14 bits per heavy atom. The number of amides is 3. The molecule has 9 heteroatoms. The zero-order valence-corrected chi connectivity index (χ0v) is 16.9. The molecule has 3 amide bonds. The van der Waals surface area contributed by atoms with Crippen LogP contribution in [0, 0.1) is 0 Å². The highest BCUT2D eigenvalue weighted by Gasteiger charge is 2.42. The third-order valence-electron chi connectivity index (χ3n) is 5.20. The molecular formula is C19H25N3O5S. The van der Waals surface area contributed by atoms with Crippen LogP contribution in [-0.4, -0.2) is 66.9 Å². The molecule has 2 aliphatic rings. The Bertz CT molecular complexity index is 856. The summed E-state index contributed by atoms with van der Waals surface area (Å²) >= 11 is 0. The molecule has 1 unspecified atom stereocenters. The van der Waals surface area contributed by atoms with E-state index >= 15 is 0 Å². The van der Waals surface area contributed by atoms with Gasteiger partial charge in [0.05, 0.1) is 16.9 Å². The molecule has 2 heterocycles. The van der Waals surface area contributed by atoms with E-state index in [0.29, 0.717) is 43.5 Å². The van der Waals surface area contributed by atoms with Crippen LogP contribution in [0.4, 0.5) is 0 Å². The third-order valence-corrected chi connectivity index (χ3v) is 6.83. The first-order valence-electron chi connectivity index (χ1n) is 9.51. The number of fused-ring (bicyclic) bond motifs is 1. The molecule has 1 N–H and O–H groups in total. The summed E-state index contributed by atoms with van der Waals surface area (Å²) in [5, 5.41) is 0. The van der Waals surface area contributed by atoms with Gasteiger partial charge in [0.25, 0.3) is 11.8 Å². The number of hydrogen-bond donors (Lipinski definition) is 1. The number of hydrogen-bond acceptors (Lipinski definition) is 5. The van der Waals surface area contributed by atoms with Crippen LogP contribution in [0.15, 0.2) is 24.3 Å². The molecule has 1 fully saturated rings. The molecule has 1 aromatic rings. The van der Waals surface area contributed by atoms with Crippen molar-refractivity contribution in [3.8, 4) is 0 Å². The minimum Gasteiger partial charge on any atom is -0.341 e. The lowest BCUT2D eigenvalue weighted by atomic mass is 10.1. The SMILES string of the molecule is CCCS(=O)(=O)NC1CCN(C(=O)C(C)N2C(=O)c3ccccc3C2=O)CC1. The predicted molar refractivity (Wildman–Crippen MR) is 103 cm³/mol. The summed E-state index contributed by atoms with van der Waals surface area (Å²) in [7, 11) is -3.29. The summed E-state index contributed by atoms with van der Waals surface area (Å²) in [6, 6.07) is 5.44. The van der Waals surface area contributed by atoms with E-state index in [4.69, 9.17) is 0 Å². The summed E-state index contributed by atoms with van der Waals surface area (Å²) in [6.45, 7) is 4.12. The van der Waals surface area contributed by atoms with Crippen LogP contribution in [0.2, 0.25) is 0 Å². The van der Waals surface area contributed by atoms with Gasteiger partial charge in [0, 0.05) is 19.1 Å². The van der Waals surface area contributed by atoms with Crippen LogP contribution < -0.4 is 4.72 Å². The number of nitrogens with one attached hydrogen (secondary N) is 1. The second-order valence-corrected chi connectivity index (χ2v) is 9.11. The lowest BCUT2D eigenvalue weighted by molar-refractivity contribution is -0.136. The minimum absolute atomic E-state index is 0.0862. The van der Waals surface area contributed by atoms with Crippen LogP contribution in [0.3, 0.4) is 0 Å². The molecule has 0 aromatic heterocycles. The summed E-state index contributed by atoms with van der Waals surface area (Å²) < 4.78 is 26.5. The molecule has 0 bridgehead atoms. The lowest BCUT2D eigenvalue weighted by Gasteiger charge is -2.35. The first-order valence-corrected chi connectivity index (χ1v) is 11.2. The number of likely N-dealkylation sites (tertiary alicyclic amines) is 1. The quantitative estimate of drug-likeness (QED) is 0.709. The van der Waals surface area contributed by atoms with Crippen LogP contribution in [0.1, 0.15) is 53.8 Å². The first-order chi connectivity index (χ1) is 13.2. The molecule has 0 saturated carbocycles. The Hall–Kier alpha value is -2.26. The van der Waals surface area contributed by atoms with E-state index in [0.717, 1.165) is 4.90 Å². The molecule has 1 saturated heterocycles. The number of sulfonamides is 1. The van der Waals surface area contributed by atoms with Gasteiger partial charge in [-0.1, -0.05) is 19.1 Å². The number of imide groups is 1. The van der Waals surface area contributed by atoms with Crippen LogP contribution in [0.25, 0.3) is 0 Å². The molecule has 28 heavy (non-hydrogen) atoms. The highest BCUT2D eigenvalue weighted by Crippen LogP contribution is 2.25. The predicted octanol–water partition coefficient (Wildman–Crippen LogP) is 0.992. The number of nitrogens with zero attached hydrogens (tertiary/aromatic N) is 2. The van der Waals surface area contributed by atoms with Crippen LogP contribution in [-0.2, 0) is 14.8 Å². The smallest absolute Gasteiger partial charge is 0.262 e. The van der Waals surface area contributed by atoms with Crippen molar-refractivity contribution >= 4 is 27.7 Å². The van der Waals surface area contributed by atoms with Gasteiger partial charge in [-0.2, -0.15) is 0 Å². The van der Waals surface area contributed by atoms with Crippen molar-refractivity contribution in [1.29, 1.82) is 0 Å². The van der Waals surface area contributed by atoms with Gasteiger partial charge < -0.3 is 4.90 Å². The number of carbonyl (C=O) groups is 3. The summed E-state index contributed by atoms with van der Waals surface area (Å²) in [6.07, 6.45) is 1.55. The van der Waals surface area contributed by atoms with Crippen molar-refractivity contribution < 1.29 is 22.8 Å². The molecule has 0 radical (unpaired) electrons. The Morgan fingerprint density at radius 3 is 2.18 bits per heavy atom. The van der Waals surface area contributed by atoms with Crippen molar-refractivity contribution in [2.45, 2.75) is 45.2 Å². The fourth-order valence-electron chi connectivity index (χ4n) is 3.73. The van der Waals surface area contributed by atoms with E-state index in [-0.39, 0.29) is 17.7 Å². The number of piperidine rings is 1. The topological polar surface area (TPSA) is 104 Å². The van der Waals surface area contributed by atoms with Gasteiger partial charge in [-0.15, -0.1) is 0 Å². The molecule has 1 aromatic carbocycles. The average Bonchev–Trinajstić information content (AvgIpc) is 2.92. The highest BCUT2D eigenvalue weighted by atomic mass is 32.2. The van der Waals surface area contributed by atoms with Crippen molar-refractivity contribution in [2.24, 2.45) is 0 Å². The number of rotatable bonds is 6. The van der Waals surface area contributed by atoms with Crippen molar-refractivity contribution in [3.63, 3.8) is 0 Å². The largest absolute Gasteiger partial charge is 0.341 e. The van der Waals surface area contributed by atoms with Crippen molar-refractivity contribution in [3.05, 3.63) is 35.4 Å². The molecular weight excluding hydrogens is 382 g/mol. The maximum atomic E-state index is 12.9. The first kappa shape index (κ1) is 20.5. The molecule has 1 atom stereocenters. The zero-order valence-electron chi connectivity index (χ0n) is 16.1. The third kappa shape index (κ3) is 3.95. The maximum absolute atomic E-state index is 12.9. The van der Waals surface area contributed by atoms with Gasteiger partial charge in [-0.05, 0) is 38.3 Å². The molecule has 2 aliphatic heterocycles. The van der Waals surface area contributed by atoms with Crippen molar-refractivity contribution in [2.75, 3.05) is 18.8 Å². The average molecular weight is 407 g/mol. The van der Waals surface area contributed by atoms with E-state index in [1.165, 1.54) is 0 Å². The number of carbonyl (C=O) groups excluding carboxylic acids is 3. The Kier molecular flexibility index (Phi) is 5.85. The van der Waals surface area contributed by atoms with Crippen LogP contribution in [0.5, 0.6) is 0 Å². The van der Waals surface area contributed by atoms with Gasteiger partial charge in [0.2, 0.25) is 15.9 Å².